The van der Waals surface area contributed by atoms with Crippen molar-refractivity contribution in [2.45, 2.75) is 18.7 Å². The first-order valence-electron chi connectivity index (χ1n) is 6.07. The minimum atomic E-state index is -1.10. The summed E-state index contributed by atoms with van der Waals surface area (Å²) in [5.74, 6) is 0. The molecule has 0 bridgehead atoms. The van der Waals surface area contributed by atoms with E-state index in [1.54, 1.807) is 0 Å². The van der Waals surface area contributed by atoms with Gasteiger partial charge in [0, 0.05) is 10.0 Å². The topological polar surface area (TPSA) is 17.1 Å². The summed E-state index contributed by atoms with van der Waals surface area (Å²) in [4.78, 5) is 1.78. The van der Waals surface area contributed by atoms with E-state index in [9.17, 15) is 4.21 Å². The van der Waals surface area contributed by atoms with E-state index in [1.807, 2.05) is 43.3 Å². The Labute approximate surface area is 123 Å². The van der Waals surface area contributed by atoms with Crippen LogP contribution in [-0.4, -0.2) is 4.21 Å². The van der Waals surface area contributed by atoms with E-state index < -0.39 is 10.8 Å². The second kappa shape index (κ2) is 4.73. The maximum atomic E-state index is 12.7. The molecule has 96 valence electrons. The Morgan fingerprint density at radius 2 is 1.58 bits per heavy atom. The number of halogens is 1. The Hall–Kier alpha value is -1.19. The van der Waals surface area contributed by atoms with Crippen LogP contribution in [0, 0.1) is 13.8 Å². The molecule has 0 aliphatic carbocycles. The van der Waals surface area contributed by atoms with Crippen molar-refractivity contribution in [3.63, 3.8) is 0 Å². The molecule has 1 aliphatic rings. The van der Waals surface area contributed by atoms with Crippen LogP contribution < -0.4 is 0 Å². The van der Waals surface area contributed by atoms with Gasteiger partial charge in [0.1, 0.15) is 0 Å². The van der Waals surface area contributed by atoms with Crippen molar-refractivity contribution in [3.05, 3.63) is 64.7 Å². The molecule has 2 aromatic rings. The van der Waals surface area contributed by atoms with Crippen LogP contribution >= 0.6 is 15.9 Å². The van der Waals surface area contributed by atoms with Gasteiger partial charge in [0.25, 0.3) is 0 Å². The predicted octanol–water partition coefficient (Wildman–Crippen LogP) is 4.65. The summed E-state index contributed by atoms with van der Waals surface area (Å²) in [6.45, 7) is 4.08. The van der Waals surface area contributed by atoms with E-state index in [0.29, 0.717) is 0 Å². The highest BCUT2D eigenvalue weighted by atomic mass is 79.9. The van der Waals surface area contributed by atoms with E-state index >= 15 is 0 Å². The molecule has 1 atom stereocenters. The largest absolute Gasteiger partial charge is 0.249 e. The smallest absolute Gasteiger partial charge is 0.0874 e. The molecule has 1 aliphatic heterocycles. The molecule has 0 amide bonds. The summed E-state index contributed by atoms with van der Waals surface area (Å²) >= 11 is 3.61. The van der Waals surface area contributed by atoms with E-state index in [2.05, 4.69) is 28.9 Å². The van der Waals surface area contributed by atoms with Gasteiger partial charge in [0.05, 0.1) is 20.6 Å². The molecule has 1 unspecified atom stereocenters. The van der Waals surface area contributed by atoms with Crippen LogP contribution in [0.1, 0.15) is 22.3 Å². The molecule has 1 heterocycles. The molecule has 19 heavy (non-hydrogen) atoms. The Kier molecular flexibility index (Phi) is 3.19. The summed E-state index contributed by atoms with van der Waals surface area (Å²) in [6, 6.07) is 14.3. The van der Waals surface area contributed by atoms with Crippen LogP contribution in [-0.2, 0) is 10.8 Å². The first-order valence-corrected chi connectivity index (χ1v) is 8.02. The second-order valence-corrected chi connectivity index (χ2v) is 6.96. The molecule has 2 aromatic carbocycles. The lowest BCUT2D eigenvalue weighted by Gasteiger charge is -2.03. The molecule has 1 nitrogen and oxygen atoms in total. The standard InChI is InChI=1S/C16H13BrOS/c1-10-3-6-12(7-4-10)16-15(17)13-8-5-11(2)9-14(13)19(16)18/h3-9H,1-2H3. The van der Waals surface area contributed by atoms with Crippen LogP contribution in [0.5, 0.6) is 0 Å². The number of fused-ring (bicyclic) bond motifs is 1. The quantitative estimate of drug-likeness (QED) is 0.743. The average Bonchev–Trinajstić information content (AvgIpc) is 2.63. The second-order valence-electron chi connectivity index (χ2n) is 4.78. The number of rotatable bonds is 1. The summed E-state index contributed by atoms with van der Waals surface area (Å²) in [5, 5.41) is 0. The van der Waals surface area contributed by atoms with Gasteiger partial charge >= 0.3 is 0 Å². The van der Waals surface area contributed by atoms with E-state index in [1.165, 1.54) is 5.56 Å². The zero-order valence-corrected chi connectivity index (χ0v) is 13.1. The summed E-state index contributed by atoms with van der Waals surface area (Å²) in [7, 11) is -1.10. The maximum Gasteiger partial charge on any atom is 0.0874 e. The van der Waals surface area contributed by atoms with Crippen molar-refractivity contribution >= 4 is 36.1 Å². The summed E-state index contributed by atoms with van der Waals surface area (Å²) < 4.78 is 13.6. The lowest BCUT2D eigenvalue weighted by Crippen LogP contribution is -1.91. The Balaban J connectivity index is 2.17. The van der Waals surface area contributed by atoms with Crippen molar-refractivity contribution in [3.8, 4) is 0 Å². The number of hydrogen-bond acceptors (Lipinski definition) is 1. The van der Waals surface area contributed by atoms with Gasteiger partial charge in [-0.2, -0.15) is 0 Å². The Bertz CT molecular complexity index is 714. The highest BCUT2D eigenvalue weighted by Crippen LogP contribution is 2.45. The van der Waals surface area contributed by atoms with Gasteiger partial charge in [0.2, 0.25) is 0 Å². The van der Waals surface area contributed by atoms with E-state index in [0.717, 1.165) is 31.0 Å². The highest BCUT2D eigenvalue weighted by molar-refractivity contribution is 9.15. The molecule has 3 rings (SSSR count). The van der Waals surface area contributed by atoms with Gasteiger partial charge < -0.3 is 0 Å². The van der Waals surface area contributed by atoms with E-state index in [4.69, 9.17) is 0 Å². The third kappa shape index (κ3) is 2.11. The third-order valence-corrected chi connectivity index (χ3v) is 5.91. The van der Waals surface area contributed by atoms with Gasteiger partial charge in [-0.25, -0.2) is 4.21 Å². The predicted molar refractivity (Wildman–Crippen MR) is 84.5 cm³/mol. The fraction of sp³-hybridized carbons (Fsp3) is 0.125. The number of benzene rings is 2. The van der Waals surface area contributed by atoms with Crippen molar-refractivity contribution in [2.75, 3.05) is 0 Å². The summed E-state index contributed by atoms with van der Waals surface area (Å²) in [6.07, 6.45) is 0. The van der Waals surface area contributed by atoms with Gasteiger partial charge in [-0.3, -0.25) is 0 Å². The van der Waals surface area contributed by atoms with Gasteiger partial charge in [-0.15, -0.1) is 0 Å². The summed E-state index contributed by atoms with van der Waals surface area (Å²) in [5.41, 5.74) is 4.40. The molecule has 0 saturated heterocycles. The SMILES string of the molecule is Cc1ccc(C2=C(Br)c3ccc(C)cc3S2=O)cc1. The highest BCUT2D eigenvalue weighted by Gasteiger charge is 2.28. The molecule has 0 saturated carbocycles. The maximum absolute atomic E-state index is 12.7. The first kappa shape index (κ1) is 12.8. The van der Waals surface area contributed by atoms with Crippen LogP contribution in [0.2, 0.25) is 0 Å². The minimum Gasteiger partial charge on any atom is -0.249 e. The normalized spacial score (nSPS) is 17.7. The molecule has 3 heteroatoms. The van der Waals surface area contributed by atoms with Crippen LogP contribution in [0.3, 0.4) is 0 Å². The first-order chi connectivity index (χ1) is 9.08. The third-order valence-electron chi connectivity index (χ3n) is 3.27. The monoisotopic (exact) mass is 332 g/mol. The molecule has 0 N–H and O–H groups in total. The number of hydrogen-bond donors (Lipinski definition) is 0. The Morgan fingerprint density at radius 1 is 0.947 bits per heavy atom. The van der Waals surface area contributed by atoms with Crippen molar-refractivity contribution < 1.29 is 4.21 Å². The van der Waals surface area contributed by atoms with Gasteiger partial charge in [-0.05, 0) is 47.0 Å². The van der Waals surface area contributed by atoms with Crippen molar-refractivity contribution in [1.29, 1.82) is 0 Å². The van der Waals surface area contributed by atoms with Crippen LogP contribution in [0.15, 0.2) is 47.4 Å². The van der Waals surface area contributed by atoms with Crippen molar-refractivity contribution in [2.24, 2.45) is 0 Å². The zero-order valence-electron chi connectivity index (χ0n) is 10.7. The fourth-order valence-corrected chi connectivity index (χ4v) is 4.87. The molecular formula is C16H13BrOS. The van der Waals surface area contributed by atoms with Gasteiger partial charge in [0.15, 0.2) is 0 Å². The number of aryl methyl sites for hydroxylation is 2. The fourth-order valence-electron chi connectivity index (χ4n) is 2.22. The zero-order chi connectivity index (χ0) is 13.6. The molecule has 0 spiro atoms. The molecule has 0 aromatic heterocycles. The van der Waals surface area contributed by atoms with Gasteiger partial charge in [-0.1, -0.05) is 42.0 Å². The molecule has 0 fully saturated rings. The lowest BCUT2D eigenvalue weighted by molar-refractivity contribution is 0.689. The van der Waals surface area contributed by atoms with Crippen LogP contribution in [0.4, 0.5) is 0 Å². The van der Waals surface area contributed by atoms with Crippen LogP contribution in [0.25, 0.3) is 9.39 Å². The average molecular weight is 333 g/mol. The van der Waals surface area contributed by atoms with Crippen molar-refractivity contribution in [1.82, 2.24) is 0 Å². The molecular weight excluding hydrogens is 320 g/mol. The molecule has 0 radical (unpaired) electrons. The Morgan fingerprint density at radius 3 is 2.26 bits per heavy atom. The minimum absolute atomic E-state index is 0.876. The van der Waals surface area contributed by atoms with E-state index in [-0.39, 0.29) is 0 Å². The lowest BCUT2D eigenvalue weighted by atomic mass is 10.1.